The Hall–Kier alpha value is -1.20. The molecule has 4 nitrogen and oxygen atoms in total. The summed E-state index contributed by atoms with van der Waals surface area (Å²) in [6.07, 6.45) is 0. The zero-order valence-corrected chi connectivity index (χ0v) is 8.72. The molecule has 0 unspecified atom stereocenters. The van der Waals surface area contributed by atoms with Gasteiger partial charge in [0.25, 0.3) is 0 Å². The lowest BCUT2D eigenvalue weighted by Gasteiger charge is -1.99. The van der Waals surface area contributed by atoms with E-state index in [0.29, 0.717) is 15.9 Å². The molecule has 0 saturated heterocycles. The quantitative estimate of drug-likeness (QED) is 0.556. The third kappa shape index (κ3) is 1.25. The number of fused-ring (bicyclic) bond motifs is 1. The van der Waals surface area contributed by atoms with E-state index in [2.05, 4.69) is 4.98 Å². The van der Waals surface area contributed by atoms with Crippen molar-refractivity contribution in [2.45, 2.75) is 6.92 Å². The summed E-state index contributed by atoms with van der Waals surface area (Å²) in [4.78, 5) is 14.3. The molecule has 2 heterocycles. The Bertz CT molecular complexity index is 523. The van der Waals surface area contributed by atoms with E-state index < -0.39 is 4.92 Å². The van der Waals surface area contributed by atoms with Gasteiger partial charge in [-0.05, 0) is 18.4 Å². The smallest absolute Gasteiger partial charge is 0.258 e. The Kier molecular flexibility index (Phi) is 2.13. The standard InChI is InChI=1S/C8H5ClN2O2S/c1-4-7(11(12)13)6(9)8-5(10-4)2-3-14-8/h2-3H,1H3. The first-order valence-electron chi connectivity index (χ1n) is 3.79. The SMILES string of the molecule is Cc1nc2ccsc2c(Cl)c1[N+](=O)[O-]. The highest BCUT2D eigenvalue weighted by Gasteiger charge is 2.21. The van der Waals surface area contributed by atoms with Crippen LogP contribution in [0.2, 0.25) is 5.02 Å². The second-order valence-electron chi connectivity index (χ2n) is 2.75. The molecular formula is C8H5ClN2O2S. The van der Waals surface area contributed by atoms with Crippen molar-refractivity contribution in [1.82, 2.24) is 4.98 Å². The molecule has 6 heteroatoms. The zero-order chi connectivity index (χ0) is 10.3. The van der Waals surface area contributed by atoms with E-state index in [1.807, 2.05) is 5.38 Å². The molecule has 2 aromatic heterocycles. The Labute approximate surface area is 88.3 Å². The van der Waals surface area contributed by atoms with Crippen molar-refractivity contribution >= 4 is 38.8 Å². The monoisotopic (exact) mass is 228 g/mol. The van der Waals surface area contributed by atoms with Crippen LogP contribution in [0.15, 0.2) is 11.4 Å². The highest BCUT2D eigenvalue weighted by atomic mass is 35.5. The van der Waals surface area contributed by atoms with Crippen LogP contribution in [0.3, 0.4) is 0 Å². The van der Waals surface area contributed by atoms with Gasteiger partial charge in [-0.25, -0.2) is 4.98 Å². The van der Waals surface area contributed by atoms with Crippen molar-refractivity contribution in [3.05, 3.63) is 32.3 Å². The second-order valence-corrected chi connectivity index (χ2v) is 4.05. The number of nitro groups is 1. The minimum Gasteiger partial charge on any atom is -0.258 e. The fourth-order valence-electron chi connectivity index (χ4n) is 1.27. The van der Waals surface area contributed by atoms with Gasteiger partial charge < -0.3 is 0 Å². The molecule has 14 heavy (non-hydrogen) atoms. The summed E-state index contributed by atoms with van der Waals surface area (Å²) in [6.45, 7) is 1.58. The predicted octanol–water partition coefficient (Wildman–Crippen LogP) is 3.17. The first-order valence-corrected chi connectivity index (χ1v) is 5.04. The zero-order valence-electron chi connectivity index (χ0n) is 7.15. The topological polar surface area (TPSA) is 56.0 Å². The molecule has 2 aromatic rings. The minimum absolute atomic E-state index is 0.0957. The average Bonchev–Trinajstić information content (AvgIpc) is 2.50. The van der Waals surface area contributed by atoms with Gasteiger partial charge in [-0.15, -0.1) is 11.3 Å². The molecule has 0 fully saturated rings. The van der Waals surface area contributed by atoms with Crippen molar-refractivity contribution in [2.24, 2.45) is 0 Å². The van der Waals surface area contributed by atoms with E-state index in [9.17, 15) is 10.1 Å². The molecule has 0 aliphatic heterocycles. The number of pyridine rings is 1. The van der Waals surface area contributed by atoms with Gasteiger partial charge in [0.05, 0.1) is 15.1 Å². The molecule has 0 atom stereocenters. The molecule has 0 aromatic carbocycles. The number of hydrogen-bond acceptors (Lipinski definition) is 4. The minimum atomic E-state index is -0.496. The number of aromatic nitrogens is 1. The van der Waals surface area contributed by atoms with Crippen molar-refractivity contribution in [3.63, 3.8) is 0 Å². The van der Waals surface area contributed by atoms with Crippen LogP contribution < -0.4 is 0 Å². The molecule has 0 amide bonds. The number of aryl methyl sites for hydroxylation is 1. The third-order valence-electron chi connectivity index (χ3n) is 1.87. The molecule has 0 radical (unpaired) electrons. The van der Waals surface area contributed by atoms with Crippen LogP contribution in [0.5, 0.6) is 0 Å². The lowest BCUT2D eigenvalue weighted by molar-refractivity contribution is -0.385. The summed E-state index contributed by atoms with van der Waals surface area (Å²) >= 11 is 7.27. The van der Waals surface area contributed by atoms with Crippen molar-refractivity contribution in [2.75, 3.05) is 0 Å². The number of rotatable bonds is 1. The van der Waals surface area contributed by atoms with Gasteiger partial charge in [0.15, 0.2) is 0 Å². The molecule has 0 N–H and O–H groups in total. The molecule has 2 rings (SSSR count). The fraction of sp³-hybridized carbons (Fsp3) is 0.125. The van der Waals surface area contributed by atoms with Gasteiger partial charge in [0, 0.05) is 0 Å². The average molecular weight is 229 g/mol. The van der Waals surface area contributed by atoms with Crippen LogP contribution in [0, 0.1) is 17.0 Å². The van der Waals surface area contributed by atoms with Gasteiger partial charge in [-0.1, -0.05) is 11.6 Å². The van der Waals surface area contributed by atoms with Crippen LogP contribution >= 0.6 is 22.9 Å². The Morgan fingerprint density at radius 3 is 3.00 bits per heavy atom. The summed E-state index contributed by atoms with van der Waals surface area (Å²) in [5, 5.41) is 12.7. The first kappa shape index (κ1) is 9.36. The van der Waals surface area contributed by atoms with E-state index in [-0.39, 0.29) is 10.7 Å². The number of thiophene rings is 1. The molecular weight excluding hydrogens is 224 g/mol. The maximum Gasteiger partial charge on any atom is 0.310 e. The van der Waals surface area contributed by atoms with Gasteiger partial charge in [-0.2, -0.15) is 0 Å². The van der Waals surface area contributed by atoms with Crippen LogP contribution in [0.4, 0.5) is 5.69 Å². The highest BCUT2D eigenvalue weighted by molar-refractivity contribution is 7.17. The van der Waals surface area contributed by atoms with Gasteiger partial charge >= 0.3 is 5.69 Å². The molecule has 72 valence electrons. The van der Waals surface area contributed by atoms with E-state index in [1.54, 1.807) is 13.0 Å². The molecule has 0 aliphatic rings. The largest absolute Gasteiger partial charge is 0.310 e. The van der Waals surface area contributed by atoms with E-state index >= 15 is 0 Å². The maximum absolute atomic E-state index is 10.7. The first-order chi connectivity index (χ1) is 6.61. The Morgan fingerprint density at radius 2 is 2.36 bits per heavy atom. The van der Waals surface area contributed by atoms with Crippen molar-refractivity contribution in [1.29, 1.82) is 0 Å². The van der Waals surface area contributed by atoms with Crippen molar-refractivity contribution < 1.29 is 4.92 Å². The maximum atomic E-state index is 10.7. The molecule has 0 bridgehead atoms. The Morgan fingerprint density at radius 1 is 1.64 bits per heavy atom. The molecule has 0 aliphatic carbocycles. The Balaban J connectivity index is 2.89. The molecule has 0 saturated carbocycles. The predicted molar refractivity (Wildman–Crippen MR) is 56.0 cm³/mol. The van der Waals surface area contributed by atoms with Crippen LogP contribution in [-0.2, 0) is 0 Å². The summed E-state index contributed by atoms with van der Waals surface area (Å²) < 4.78 is 0.670. The number of hydrogen-bond donors (Lipinski definition) is 0. The normalized spacial score (nSPS) is 10.7. The summed E-state index contributed by atoms with van der Waals surface area (Å²) in [6, 6.07) is 1.79. The number of nitrogens with zero attached hydrogens (tertiary/aromatic N) is 2. The summed E-state index contributed by atoms with van der Waals surface area (Å²) in [5.74, 6) is 0. The second kappa shape index (κ2) is 3.18. The van der Waals surface area contributed by atoms with Crippen LogP contribution in [-0.4, -0.2) is 9.91 Å². The fourth-order valence-corrected chi connectivity index (χ4v) is 2.47. The molecule has 0 spiro atoms. The highest BCUT2D eigenvalue weighted by Crippen LogP contribution is 2.36. The van der Waals surface area contributed by atoms with Crippen molar-refractivity contribution in [3.8, 4) is 0 Å². The van der Waals surface area contributed by atoms with Gasteiger partial charge in [0.1, 0.15) is 10.7 Å². The van der Waals surface area contributed by atoms with Crippen LogP contribution in [0.1, 0.15) is 5.69 Å². The lowest BCUT2D eigenvalue weighted by Crippen LogP contribution is -1.95. The van der Waals surface area contributed by atoms with E-state index in [1.165, 1.54) is 11.3 Å². The number of halogens is 1. The third-order valence-corrected chi connectivity index (χ3v) is 3.27. The lowest BCUT2D eigenvalue weighted by atomic mass is 10.3. The van der Waals surface area contributed by atoms with Gasteiger partial charge in [-0.3, -0.25) is 10.1 Å². The van der Waals surface area contributed by atoms with Crippen LogP contribution in [0.25, 0.3) is 10.2 Å². The van der Waals surface area contributed by atoms with E-state index in [4.69, 9.17) is 11.6 Å². The summed E-state index contributed by atoms with van der Waals surface area (Å²) in [7, 11) is 0. The summed E-state index contributed by atoms with van der Waals surface area (Å²) in [5.41, 5.74) is 0.968. The van der Waals surface area contributed by atoms with E-state index in [0.717, 1.165) is 0 Å². The van der Waals surface area contributed by atoms with Gasteiger partial charge in [0.2, 0.25) is 0 Å².